The minimum absolute atomic E-state index is 0.0218. The Bertz CT molecular complexity index is 436. The van der Waals surface area contributed by atoms with Crippen molar-refractivity contribution in [3.05, 3.63) is 23.8 Å². The summed E-state index contributed by atoms with van der Waals surface area (Å²) in [5.74, 6) is 1.48. The van der Waals surface area contributed by atoms with E-state index in [1.165, 1.54) is 0 Å². The van der Waals surface area contributed by atoms with Gasteiger partial charge in [0.15, 0.2) is 11.5 Å². The molecular weight excluding hydrogens is 274 g/mol. The van der Waals surface area contributed by atoms with Gasteiger partial charge in [0.1, 0.15) is 0 Å². The highest BCUT2D eigenvalue weighted by molar-refractivity contribution is 5.44. The van der Waals surface area contributed by atoms with Crippen LogP contribution in [0.15, 0.2) is 18.2 Å². The van der Waals surface area contributed by atoms with Gasteiger partial charge in [-0.15, -0.1) is 0 Å². The van der Waals surface area contributed by atoms with Crippen molar-refractivity contribution in [1.29, 1.82) is 0 Å². The zero-order chi connectivity index (χ0) is 15.1. The van der Waals surface area contributed by atoms with Crippen LogP contribution in [-0.2, 0) is 11.3 Å². The number of nitrogens with one attached hydrogen (secondary N) is 1. The lowest BCUT2D eigenvalue weighted by Gasteiger charge is -2.17. The molecule has 1 aromatic carbocycles. The molecule has 0 aliphatic carbocycles. The summed E-state index contributed by atoms with van der Waals surface area (Å²) < 4.78 is 16.0. The summed E-state index contributed by atoms with van der Waals surface area (Å²) in [6.07, 6.45) is 0.223. The first-order chi connectivity index (χ1) is 10.2. The van der Waals surface area contributed by atoms with Gasteiger partial charge in [0.2, 0.25) is 6.79 Å². The Labute approximate surface area is 124 Å². The largest absolute Gasteiger partial charge is 0.454 e. The average Bonchev–Trinajstić information content (AvgIpc) is 2.96. The van der Waals surface area contributed by atoms with Crippen molar-refractivity contribution < 1.29 is 24.4 Å². The van der Waals surface area contributed by atoms with Crippen LogP contribution in [0, 0.1) is 0 Å². The third kappa shape index (κ3) is 4.86. The average molecular weight is 297 g/mol. The van der Waals surface area contributed by atoms with Gasteiger partial charge < -0.3 is 29.7 Å². The number of aliphatic hydroxyl groups excluding tert-OH is 2. The van der Waals surface area contributed by atoms with E-state index in [-0.39, 0.29) is 26.0 Å². The highest BCUT2D eigenvalue weighted by Crippen LogP contribution is 2.32. The lowest BCUT2D eigenvalue weighted by Crippen LogP contribution is -2.39. The smallest absolute Gasteiger partial charge is 0.231 e. The molecule has 3 N–H and O–H groups in total. The zero-order valence-corrected chi connectivity index (χ0v) is 12.2. The molecular formula is C15H23NO5. The van der Waals surface area contributed by atoms with E-state index in [9.17, 15) is 5.11 Å². The predicted molar refractivity (Wildman–Crippen MR) is 77.4 cm³/mol. The Kier molecular flexibility index (Phi) is 6.25. The Morgan fingerprint density at radius 1 is 1.33 bits per heavy atom. The maximum atomic E-state index is 9.81. The molecule has 6 heteroatoms. The maximum absolute atomic E-state index is 9.81. The summed E-state index contributed by atoms with van der Waals surface area (Å²) in [5.41, 5.74) is 0.973. The molecule has 6 nitrogen and oxygen atoms in total. The molecule has 0 amide bonds. The third-order valence-electron chi connectivity index (χ3n) is 3.37. The second-order valence-corrected chi connectivity index (χ2v) is 5.05. The molecule has 0 fully saturated rings. The van der Waals surface area contributed by atoms with Crippen LogP contribution in [0.2, 0.25) is 0 Å². The summed E-state index contributed by atoms with van der Waals surface area (Å²) in [6.45, 7) is 3.36. The number of ether oxygens (including phenoxy) is 3. The van der Waals surface area contributed by atoms with Gasteiger partial charge in [0.05, 0.1) is 25.9 Å². The van der Waals surface area contributed by atoms with E-state index >= 15 is 0 Å². The van der Waals surface area contributed by atoms with E-state index in [0.29, 0.717) is 13.2 Å². The van der Waals surface area contributed by atoms with Crippen molar-refractivity contribution in [3.63, 3.8) is 0 Å². The second kappa shape index (κ2) is 8.19. The zero-order valence-electron chi connectivity index (χ0n) is 12.2. The molecule has 21 heavy (non-hydrogen) atoms. The molecule has 0 saturated carbocycles. The third-order valence-corrected chi connectivity index (χ3v) is 3.37. The maximum Gasteiger partial charge on any atom is 0.231 e. The van der Waals surface area contributed by atoms with Gasteiger partial charge in [-0.05, 0) is 24.1 Å². The lowest BCUT2D eigenvalue weighted by molar-refractivity contribution is 0.0265. The van der Waals surface area contributed by atoms with Crippen LogP contribution in [-0.4, -0.2) is 48.9 Å². The predicted octanol–water partition coefficient (Wildman–Crippen LogP) is 0.653. The molecule has 1 aromatic rings. The summed E-state index contributed by atoms with van der Waals surface area (Å²) in [7, 11) is 0. The Hall–Kier alpha value is -1.34. The first-order valence-electron chi connectivity index (χ1n) is 7.21. The SMILES string of the molecule is CC[C@H](CO)NC[C@H](O)COCc1ccc2c(c1)OCO2. The Balaban J connectivity index is 1.67. The van der Waals surface area contributed by atoms with E-state index in [2.05, 4.69) is 5.32 Å². The van der Waals surface area contributed by atoms with Crippen molar-refractivity contribution in [2.24, 2.45) is 0 Å². The standard InChI is InChI=1S/C15H23NO5/c1-2-12(7-17)16-6-13(18)9-19-8-11-3-4-14-15(5-11)21-10-20-14/h3-5,12-13,16-18H,2,6-10H2,1H3/t12-,13+/m1/s1. The summed E-state index contributed by atoms with van der Waals surface area (Å²) in [6, 6.07) is 5.67. The van der Waals surface area contributed by atoms with Crippen LogP contribution < -0.4 is 14.8 Å². The minimum atomic E-state index is -0.598. The van der Waals surface area contributed by atoms with E-state index in [1.807, 2.05) is 25.1 Å². The topological polar surface area (TPSA) is 80.2 Å². The molecule has 0 radical (unpaired) electrons. The lowest BCUT2D eigenvalue weighted by atomic mass is 10.2. The number of benzene rings is 1. The van der Waals surface area contributed by atoms with Gasteiger partial charge in [-0.3, -0.25) is 0 Å². The van der Waals surface area contributed by atoms with Crippen LogP contribution in [0.4, 0.5) is 0 Å². The van der Waals surface area contributed by atoms with Crippen molar-refractivity contribution in [3.8, 4) is 11.5 Å². The van der Waals surface area contributed by atoms with Gasteiger partial charge in [0, 0.05) is 12.6 Å². The fraction of sp³-hybridized carbons (Fsp3) is 0.600. The van der Waals surface area contributed by atoms with Gasteiger partial charge >= 0.3 is 0 Å². The van der Waals surface area contributed by atoms with Crippen molar-refractivity contribution in [2.45, 2.75) is 32.1 Å². The fourth-order valence-corrected chi connectivity index (χ4v) is 2.04. The van der Waals surface area contributed by atoms with E-state index < -0.39 is 6.10 Å². The number of rotatable bonds is 9. The van der Waals surface area contributed by atoms with E-state index in [4.69, 9.17) is 19.3 Å². The van der Waals surface area contributed by atoms with Gasteiger partial charge in [-0.2, -0.15) is 0 Å². The Morgan fingerprint density at radius 2 is 2.14 bits per heavy atom. The number of hydrogen-bond acceptors (Lipinski definition) is 6. The van der Waals surface area contributed by atoms with Crippen molar-refractivity contribution in [2.75, 3.05) is 26.6 Å². The molecule has 1 aliphatic rings. The van der Waals surface area contributed by atoms with Gasteiger partial charge in [-0.25, -0.2) is 0 Å². The van der Waals surface area contributed by atoms with Crippen LogP contribution in [0.3, 0.4) is 0 Å². The summed E-state index contributed by atoms with van der Waals surface area (Å²) in [4.78, 5) is 0. The molecule has 118 valence electrons. The van der Waals surface area contributed by atoms with Crippen molar-refractivity contribution in [1.82, 2.24) is 5.32 Å². The molecule has 2 rings (SSSR count). The van der Waals surface area contributed by atoms with Crippen LogP contribution in [0.1, 0.15) is 18.9 Å². The highest BCUT2D eigenvalue weighted by atomic mass is 16.7. The normalized spacial score (nSPS) is 16.0. The molecule has 0 spiro atoms. The fourth-order valence-electron chi connectivity index (χ4n) is 2.04. The highest BCUT2D eigenvalue weighted by Gasteiger charge is 2.13. The monoisotopic (exact) mass is 297 g/mol. The molecule has 1 aliphatic heterocycles. The molecule has 0 aromatic heterocycles. The second-order valence-electron chi connectivity index (χ2n) is 5.05. The molecule has 1 heterocycles. The number of aliphatic hydroxyl groups is 2. The first kappa shape index (κ1) is 16.0. The first-order valence-corrected chi connectivity index (χ1v) is 7.21. The quantitative estimate of drug-likeness (QED) is 0.621. The van der Waals surface area contributed by atoms with Crippen LogP contribution >= 0.6 is 0 Å². The van der Waals surface area contributed by atoms with Gasteiger partial charge in [0.25, 0.3) is 0 Å². The van der Waals surface area contributed by atoms with E-state index in [1.54, 1.807) is 0 Å². The molecule has 0 unspecified atom stereocenters. The van der Waals surface area contributed by atoms with Crippen molar-refractivity contribution >= 4 is 0 Å². The number of hydrogen-bond donors (Lipinski definition) is 3. The van der Waals surface area contributed by atoms with E-state index in [0.717, 1.165) is 23.5 Å². The van der Waals surface area contributed by atoms with Crippen LogP contribution in [0.25, 0.3) is 0 Å². The number of fused-ring (bicyclic) bond motifs is 1. The summed E-state index contributed by atoms with van der Waals surface area (Å²) in [5, 5.41) is 21.9. The minimum Gasteiger partial charge on any atom is -0.454 e. The van der Waals surface area contributed by atoms with Crippen LogP contribution in [0.5, 0.6) is 11.5 Å². The molecule has 0 bridgehead atoms. The molecule has 2 atom stereocenters. The summed E-state index contributed by atoms with van der Waals surface area (Å²) >= 11 is 0. The van der Waals surface area contributed by atoms with Gasteiger partial charge in [-0.1, -0.05) is 13.0 Å². The molecule has 0 saturated heterocycles. The Morgan fingerprint density at radius 3 is 2.90 bits per heavy atom.